The highest BCUT2D eigenvalue weighted by Gasteiger charge is 2.32. The molecular formula is C19H27N5O4S2. The van der Waals surface area contributed by atoms with Crippen LogP contribution in [0.25, 0.3) is 0 Å². The van der Waals surface area contributed by atoms with Crippen LogP contribution in [0.1, 0.15) is 23.7 Å². The number of nitrogens with one attached hydrogen (secondary N) is 2. The highest BCUT2D eigenvalue weighted by molar-refractivity contribution is 7.90. The van der Waals surface area contributed by atoms with E-state index in [9.17, 15) is 13.2 Å². The molecule has 1 aliphatic heterocycles. The van der Waals surface area contributed by atoms with E-state index in [0.717, 1.165) is 11.4 Å². The number of carbonyl (C=O) groups excluding carboxylic acids is 1. The lowest BCUT2D eigenvalue weighted by molar-refractivity contribution is 0.180. The predicted molar refractivity (Wildman–Crippen MR) is 117 cm³/mol. The van der Waals surface area contributed by atoms with Gasteiger partial charge in [0, 0.05) is 43.5 Å². The number of aryl methyl sites for hydroxylation is 1. The quantitative estimate of drug-likeness (QED) is 0.658. The molecule has 0 unspecified atom stereocenters. The van der Waals surface area contributed by atoms with Crippen molar-refractivity contribution in [3.8, 4) is 5.75 Å². The predicted octanol–water partition coefficient (Wildman–Crippen LogP) is 1.88. The maximum absolute atomic E-state index is 12.5. The van der Waals surface area contributed by atoms with Crippen molar-refractivity contribution in [3.05, 3.63) is 35.8 Å². The fourth-order valence-corrected chi connectivity index (χ4v) is 4.71. The lowest BCUT2D eigenvalue weighted by Gasteiger charge is -2.38. The standard InChI is InChI=1S/C19H27N5O4S2/c1-13-10-18(29-23-13)22-19(25)21-17-6-7-24(8-9-30(3,26)27)12-15(17)16-5-4-14(28-2)11-20-16/h4-5,10-11,15,17H,6-9,12H2,1-3H3,(H2,21,22,25)/t15-,17+/m0/s1. The number of amides is 2. The maximum Gasteiger partial charge on any atom is 0.320 e. The molecule has 164 valence electrons. The van der Waals surface area contributed by atoms with E-state index in [4.69, 9.17) is 4.74 Å². The fourth-order valence-electron chi connectivity index (χ4n) is 3.46. The Labute approximate surface area is 180 Å². The molecule has 0 radical (unpaired) electrons. The van der Waals surface area contributed by atoms with Crippen LogP contribution in [0.2, 0.25) is 0 Å². The number of aromatic nitrogens is 2. The Bertz CT molecular complexity index is 962. The van der Waals surface area contributed by atoms with Crippen LogP contribution in [0, 0.1) is 6.92 Å². The van der Waals surface area contributed by atoms with Crippen molar-refractivity contribution in [2.75, 3.05) is 44.1 Å². The van der Waals surface area contributed by atoms with E-state index < -0.39 is 9.84 Å². The molecule has 1 fully saturated rings. The van der Waals surface area contributed by atoms with Crippen LogP contribution >= 0.6 is 11.5 Å². The first-order valence-corrected chi connectivity index (χ1v) is 12.5. The minimum atomic E-state index is -3.04. The van der Waals surface area contributed by atoms with Gasteiger partial charge in [0.1, 0.15) is 20.6 Å². The molecular weight excluding hydrogens is 426 g/mol. The summed E-state index contributed by atoms with van der Waals surface area (Å²) in [6.07, 6.45) is 3.59. The van der Waals surface area contributed by atoms with Gasteiger partial charge in [-0.05, 0) is 43.1 Å². The maximum atomic E-state index is 12.5. The van der Waals surface area contributed by atoms with Gasteiger partial charge in [-0.3, -0.25) is 10.3 Å². The monoisotopic (exact) mass is 453 g/mol. The summed E-state index contributed by atoms with van der Waals surface area (Å²) in [6.45, 7) is 3.65. The van der Waals surface area contributed by atoms with Crippen LogP contribution in [0.4, 0.5) is 9.80 Å². The number of ether oxygens (including phenoxy) is 1. The number of pyridine rings is 1. The molecule has 2 atom stereocenters. The SMILES string of the molecule is COc1ccc([C@@H]2CN(CCS(C)(=O)=O)CC[C@H]2NC(=O)Nc2cc(C)ns2)nc1. The smallest absolute Gasteiger partial charge is 0.320 e. The van der Waals surface area contributed by atoms with Gasteiger partial charge in [0.15, 0.2) is 0 Å². The summed E-state index contributed by atoms with van der Waals surface area (Å²) in [5, 5.41) is 6.58. The summed E-state index contributed by atoms with van der Waals surface area (Å²) in [5.41, 5.74) is 1.69. The zero-order valence-electron chi connectivity index (χ0n) is 17.3. The van der Waals surface area contributed by atoms with Crippen molar-refractivity contribution in [1.29, 1.82) is 0 Å². The van der Waals surface area contributed by atoms with E-state index in [1.807, 2.05) is 25.1 Å². The first-order chi connectivity index (χ1) is 14.2. The Kier molecular flexibility index (Phi) is 7.27. The molecule has 2 N–H and O–H groups in total. The second kappa shape index (κ2) is 9.71. The normalized spacial score (nSPS) is 20.0. The molecule has 9 nitrogen and oxygen atoms in total. The molecule has 11 heteroatoms. The Morgan fingerprint density at radius 1 is 1.40 bits per heavy atom. The number of urea groups is 1. The number of hydrogen-bond donors (Lipinski definition) is 2. The van der Waals surface area contributed by atoms with E-state index in [1.54, 1.807) is 13.3 Å². The molecule has 0 bridgehead atoms. The number of sulfone groups is 1. The van der Waals surface area contributed by atoms with Gasteiger partial charge in [-0.25, -0.2) is 13.2 Å². The number of hydrogen-bond acceptors (Lipinski definition) is 8. The van der Waals surface area contributed by atoms with Crippen LogP contribution in [-0.4, -0.2) is 73.5 Å². The Balaban J connectivity index is 1.71. The van der Waals surface area contributed by atoms with E-state index in [2.05, 4.69) is 24.9 Å². The summed E-state index contributed by atoms with van der Waals surface area (Å²) in [6, 6.07) is 5.14. The van der Waals surface area contributed by atoms with Gasteiger partial charge in [-0.2, -0.15) is 4.37 Å². The molecule has 0 aliphatic carbocycles. The van der Waals surface area contributed by atoms with Crippen molar-refractivity contribution >= 4 is 32.4 Å². The van der Waals surface area contributed by atoms with E-state index in [0.29, 0.717) is 36.8 Å². The summed E-state index contributed by atoms with van der Waals surface area (Å²) in [7, 11) is -1.45. The van der Waals surface area contributed by atoms with Crippen molar-refractivity contribution in [2.45, 2.75) is 25.3 Å². The number of anilines is 1. The molecule has 1 aliphatic rings. The lowest BCUT2D eigenvalue weighted by Crippen LogP contribution is -2.51. The number of likely N-dealkylation sites (tertiary alicyclic amines) is 1. The highest BCUT2D eigenvalue weighted by Crippen LogP contribution is 2.27. The van der Waals surface area contributed by atoms with Gasteiger partial charge in [0.2, 0.25) is 0 Å². The van der Waals surface area contributed by atoms with E-state index >= 15 is 0 Å². The van der Waals surface area contributed by atoms with Gasteiger partial charge < -0.3 is 15.0 Å². The third-order valence-corrected chi connectivity index (χ3v) is 6.75. The summed E-state index contributed by atoms with van der Waals surface area (Å²) in [4.78, 5) is 19.2. The van der Waals surface area contributed by atoms with Crippen LogP contribution < -0.4 is 15.4 Å². The second-order valence-corrected chi connectivity index (χ2v) is 10.6. The Morgan fingerprint density at radius 3 is 2.80 bits per heavy atom. The third-order valence-electron chi connectivity index (χ3n) is 5.03. The van der Waals surface area contributed by atoms with E-state index in [-0.39, 0.29) is 23.7 Å². The third kappa shape index (κ3) is 6.38. The average Bonchev–Trinajstić information content (AvgIpc) is 3.11. The van der Waals surface area contributed by atoms with Crippen LogP contribution in [0.5, 0.6) is 5.75 Å². The van der Waals surface area contributed by atoms with Crippen LogP contribution in [-0.2, 0) is 9.84 Å². The number of carbonyl (C=O) groups is 1. The second-order valence-electron chi connectivity index (χ2n) is 7.49. The molecule has 0 saturated carbocycles. The van der Waals surface area contributed by atoms with Gasteiger partial charge in [-0.15, -0.1) is 0 Å². The molecule has 2 aromatic heterocycles. The van der Waals surface area contributed by atoms with Crippen molar-refractivity contribution < 1.29 is 17.9 Å². The summed E-state index contributed by atoms with van der Waals surface area (Å²) in [5.74, 6) is 0.698. The number of piperidine rings is 1. The Hall–Kier alpha value is -2.24. The molecule has 3 heterocycles. The Morgan fingerprint density at radius 2 is 2.20 bits per heavy atom. The topological polar surface area (TPSA) is 114 Å². The molecule has 3 rings (SSSR count). The number of nitrogens with zero attached hydrogens (tertiary/aromatic N) is 3. The van der Waals surface area contributed by atoms with Gasteiger partial charge in [-0.1, -0.05) is 0 Å². The minimum absolute atomic E-state index is 0.0711. The molecule has 0 aromatic carbocycles. The average molecular weight is 454 g/mol. The van der Waals surface area contributed by atoms with Crippen LogP contribution in [0.15, 0.2) is 24.4 Å². The summed E-state index contributed by atoms with van der Waals surface area (Å²) < 4.78 is 32.5. The number of methoxy groups -OCH3 is 1. The van der Waals surface area contributed by atoms with Crippen molar-refractivity contribution in [3.63, 3.8) is 0 Å². The number of rotatable bonds is 7. The van der Waals surface area contributed by atoms with Gasteiger partial charge >= 0.3 is 6.03 Å². The lowest BCUT2D eigenvalue weighted by atomic mass is 9.89. The molecule has 0 spiro atoms. The van der Waals surface area contributed by atoms with Gasteiger partial charge in [0.25, 0.3) is 0 Å². The first-order valence-electron chi connectivity index (χ1n) is 9.64. The van der Waals surface area contributed by atoms with E-state index in [1.165, 1.54) is 17.8 Å². The van der Waals surface area contributed by atoms with Gasteiger partial charge in [0.05, 0.1) is 24.8 Å². The highest BCUT2D eigenvalue weighted by atomic mass is 32.2. The molecule has 2 aromatic rings. The van der Waals surface area contributed by atoms with Crippen LogP contribution in [0.3, 0.4) is 0 Å². The molecule has 1 saturated heterocycles. The first kappa shape index (κ1) is 22.4. The largest absolute Gasteiger partial charge is 0.495 e. The zero-order valence-corrected chi connectivity index (χ0v) is 18.9. The van der Waals surface area contributed by atoms with Crippen molar-refractivity contribution in [2.24, 2.45) is 0 Å². The molecule has 30 heavy (non-hydrogen) atoms. The fraction of sp³-hybridized carbons (Fsp3) is 0.526. The minimum Gasteiger partial charge on any atom is -0.495 e. The molecule has 2 amide bonds. The van der Waals surface area contributed by atoms with Crippen molar-refractivity contribution in [1.82, 2.24) is 19.6 Å². The summed E-state index contributed by atoms with van der Waals surface area (Å²) >= 11 is 1.24. The zero-order chi connectivity index (χ0) is 21.7.